The number of hydrogen-bond donors (Lipinski definition) is 3. The molecule has 1 unspecified atom stereocenters. The van der Waals surface area contributed by atoms with Gasteiger partial charge in [0.2, 0.25) is 12.4 Å². The fraction of sp³-hybridized carbons (Fsp3) is 0.533. The van der Waals surface area contributed by atoms with E-state index in [1.165, 1.54) is 6.92 Å². The molecule has 0 amide bonds. The van der Waals surface area contributed by atoms with Crippen molar-refractivity contribution in [1.82, 2.24) is 19.5 Å². The van der Waals surface area contributed by atoms with Gasteiger partial charge in [-0.1, -0.05) is 26.5 Å². The number of alkyl halides is 4. The summed E-state index contributed by atoms with van der Waals surface area (Å²) in [5.41, 5.74) is 6.67. The second-order valence-corrected chi connectivity index (χ2v) is 12.8. The van der Waals surface area contributed by atoms with Gasteiger partial charge in [0.15, 0.2) is 0 Å². The highest BCUT2D eigenvalue weighted by atomic mass is 32.2. The van der Waals surface area contributed by atoms with Crippen LogP contribution in [0.15, 0.2) is 53.0 Å². The summed E-state index contributed by atoms with van der Waals surface area (Å²) >= 11 is 9.31. The predicted molar refractivity (Wildman–Crippen MR) is 175 cm³/mol. The number of fused-ring (bicyclic) bond motifs is 1. The molecule has 1 fully saturated rings. The number of piperidine rings is 1. The smallest absolute Gasteiger partial charge is 0.265 e. The molecule has 3 aromatic rings. The minimum absolute atomic E-state index is 0.00956. The van der Waals surface area contributed by atoms with Crippen LogP contribution in [0.25, 0.3) is 16.6 Å². The number of hydrogen-bond acceptors (Lipinski definition) is 8. The number of halogens is 4. The first-order valence-corrected chi connectivity index (χ1v) is 14.9. The third kappa shape index (κ3) is 10.4. The zero-order valence-corrected chi connectivity index (χ0v) is 27.7. The number of nitrogens with one attached hydrogen (secondary N) is 1. The van der Waals surface area contributed by atoms with E-state index >= 15 is 0 Å². The van der Waals surface area contributed by atoms with Crippen LogP contribution in [0.3, 0.4) is 0 Å². The van der Waals surface area contributed by atoms with Crippen molar-refractivity contribution in [2.75, 3.05) is 32.5 Å². The van der Waals surface area contributed by atoms with E-state index in [0.29, 0.717) is 12.4 Å². The van der Waals surface area contributed by atoms with Gasteiger partial charge >= 0.3 is 0 Å². The van der Waals surface area contributed by atoms with Crippen LogP contribution in [0.4, 0.5) is 29.2 Å². The average molecular weight is 642 g/mol. The fourth-order valence-electron chi connectivity index (χ4n) is 4.29. The van der Waals surface area contributed by atoms with Crippen LogP contribution in [0.5, 0.6) is 0 Å². The van der Waals surface area contributed by atoms with Crippen molar-refractivity contribution in [2.45, 2.75) is 76.2 Å². The van der Waals surface area contributed by atoms with Crippen LogP contribution in [-0.2, 0) is 0 Å². The number of likely N-dealkylation sites (tertiary alicyclic amines) is 1. The number of rotatable bonds is 7. The van der Waals surface area contributed by atoms with E-state index in [2.05, 4.69) is 71.5 Å². The van der Waals surface area contributed by atoms with Gasteiger partial charge in [0.25, 0.3) is 5.92 Å². The second kappa shape index (κ2) is 15.8. The van der Waals surface area contributed by atoms with Gasteiger partial charge in [0.1, 0.15) is 0 Å². The summed E-state index contributed by atoms with van der Waals surface area (Å²) in [5.74, 6) is -1.95. The summed E-state index contributed by atoms with van der Waals surface area (Å²) in [7, 11) is 3.48. The Kier molecular flexibility index (Phi) is 13.4. The van der Waals surface area contributed by atoms with E-state index in [0.717, 1.165) is 45.8 Å². The molecule has 1 atom stereocenters. The maximum Gasteiger partial charge on any atom is 0.265 e. The molecule has 1 aliphatic heterocycles. The number of benzene rings is 1. The Morgan fingerprint density at radius 1 is 1.26 bits per heavy atom. The topological polar surface area (TPSA) is 70.2 Å². The van der Waals surface area contributed by atoms with Crippen molar-refractivity contribution in [3.8, 4) is 11.1 Å². The maximum absolute atomic E-state index is 12.7. The number of nitrogens with zero attached hydrogens (tertiary/aromatic N) is 6. The normalized spacial score (nSPS) is 15.5. The fourth-order valence-corrected chi connectivity index (χ4v) is 4.53. The van der Waals surface area contributed by atoms with Crippen molar-refractivity contribution in [2.24, 2.45) is 10.2 Å². The standard InChI is InChI=1S/C19H24N6S2.C8H13F2N.C3H6F2/c1-11-10-13(6-7-15(11)23-21-5)14-8-9-25-17(14)16(12(2)19(3,26)27)22-18(20-4)24-25;1-7(2)11-5-3-4-8(9,10)6-11;1-2-3(4)5/h6-10,12,26-27H,1-5H3,(H,20,24);1,3-6H2,2H3;3H,2H2,1H3. The van der Waals surface area contributed by atoms with Gasteiger partial charge in [-0.3, -0.25) is 0 Å². The molecule has 2 aromatic heterocycles. The van der Waals surface area contributed by atoms with Crippen LogP contribution in [0, 0.1) is 6.92 Å². The van der Waals surface area contributed by atoms with Crippen LogP contribution < -0.4 is 5.32 Å². The number of thiol groups is 2. The molecule has 1 aromatic carbocycles. The summed E-state index contributed by atoms with van der Waals surface area (Å²) in [6.45, 7) is 13.5. The average Bonchev–Trinajstić information content (AvgIpc) is 3.37. The largest absolute Gasteiger partial charge is 0.370 e. The molecular weight excluding hydrogens is 599 g/mol. The van der Waals surface area contributed by atoms with Gasteiger partial charge in [-0.25, -0.2) is 27.1 Å². The Balaban J connectivity index is 0.000000332. The quantitative estimate of drug-likeness (QED) is 0.104. The van der Waals surface area contributed by atoms with Crippen molar-refractivity contribution in [1.29, 1.82) is 0 Å². The van der Waals surface area contributed by atoms with Gasteiger partial charge in [-0.15, -0.1) is 5.10 Å². The lowest BCUT2D eigenvalue weighted by Crippen LogP contribution is -2.41. The number of anilines is 1. The Morgan fingerprint density at radius 2 is 1.91 bits per heavy atom. The molecule has 13 heteroatoms. The zero-order valence-electron chi connectivity index (χ0n) is 25.9. The monoisotopic (exact) mass is 641 g/mol. The van der Waals surface area contributed by atoms with Crippen molar-refractivity contribution < 1.29 is 17.6 Å². The van der Waals surface area contributed by atoms with E-state index < -0.39 is 16.4 Å². The lowest BCUT2D eigenvalue weighted by atomic mass is 9.98. The van der Waals surface area contributed by atoms with E-state index in [9.17, 15) is 17.6 Å². The first-order chi connectivity index (χ1) is 20.0. The molecule has 1 saturated heterocycles. The first kappa shape index (κ1) is 36.4. The molecule has 0 radical (unpaired) electrons. The number of allylic oxidation sites excluding steroid dienone is 1. The first-order valence-electron chi connectivity index (χ1n) is 14.0. The molecular formula is C30H43F4N7S2. The minimum atomic E-state index is -2.50. The van der Waals surface area contributed by atoms with Gasteiger partial charge < -0.3 is 10.2 Å². The maximum atomic E-state index is 12.7. The molecule has 0 aliphatic carbocycles. The van der Waals surface area contributed by atoms with Crippen LogP contribution >= 0.6 is 25.3 Å². The summed E-state index contributed by atoms with van der Waals surface area (Å²) in [6, 6.07) is 8.20. The molecule has 4 rings (SSSR count). The summed E-state index contributed by atoms with van der Waals surface area (Å²) in [4.78, 5) is 6.38. The molecule has 238 valence electrons. The lowest BCUT2D eigenvalue weighted by molar-refractivity contribution is -0.0548. The van der Waals surface area contributed by atoms with E-state index in [1.54, 1.807) is 18.9 Å². The molecule has 43 heavy (non-hydrogen) atoms. The Morgan fingerprint density at radius 3 is 2.37 bits per heavy atom. The molecule has 3 heterocycles. The molecule has 0 spiro atoms. The zero-order chi connectivity index (χ0) is 32.5. The van der Waals surface area contributed by atoms with E-state index in [-0.39, 0.29) is 25.3 Å². The van der Waals surface area contributed by atoms with Gasteiger partial charge in [-0.2, -0.15) is 35.5 Å². The van der Waals surface area contributed by atoms with E-state index in [4.69, 9.17) is 4.98 Å². The number of azo groups is 1. The summed E-state index contributed by atoms with van der Waals surface area (Å²) in [5, 5.41) is 15.6. The van der Waals surface area contributed by atoms with Crippen molar-refractivity contribution in [3.05, 3.63) is 54.0 Å². The van der Waals surface area contributed by atoms with Gasteiger partial charge in [0.05, 0.1) is 27.5 Å². The third-order valence-electron chi connectivity index (χ3n) is 6.95. The number of aryl methyl sites for hydroxylation is 1. The molecule has 1 aliphatic rings. The van der Waals surface area contributed by atoms with Crippen LogP contribution in [0.1, 0.15) is 64.1 Å². The highest BCUT2D eigenvalue weighted by Crippen LogP contribution is 2.40. The highest BCUT2D eigenvalue weighted by molar-refractivity contribution is 8.00. The van der Waals surface area contributed by atoms with Gasteiger partial charge in [0, 0.05) is 56.9 Å². The molecule has 0 saturated carbocycles. The highest BCUT2D eigenvalue weighted by Gasteiger charge is 2.34. The summed E-state index contributed by atoms with van der Waals surface area (Å²) < 4.78 is 48.3. The molecule has 1 N–H and O–H groups in total. The molecule has 7 nitrogen and oxygen atoms in total. The lowest BCUT2D eigenvalue weighted by Gasteiger charge is -2.34. The predicted octanol–water partition coefficient (Wildman–Crippen LogP) is 9.05. The van der Waals surface area contributed by atoms with Crippen molar-refractivity contribution >= 4 is 42.4 Å². The SMILES string of the molecule is C=C(C)N1CCCC(F)(F)C1.CCC(F)F.CN=Nc1ccc(-c2ccn3nc(NC)nc(C(C)C(C)(S)S)c23)cc1C. The minimum Gasteiger partial charge on any atom is -0.370 e. The van der Waals surface area contributed by atoms with Crippen LogP contribution in [0.2, 0.25) is 0 Å². The Hall–Kier alpha value is -2.80. The summed E-state index contributed by atoms with van der Waals surface area (Å²) in [6.07, 6.45) is 0.402. The Labute approximate surface area is 263 Å². The van der Waals surface area contributed by atoms with E-state index in [1.807, 2.05) is 43.7 Å². The second-order valence-electron chi connectivity index (χ2n) is 10.6. The Bertz CT molecular complexity index is 1390. The number of aromatic nitrogens is 3. The van der Waals surface area contributed by atoms with Crippen molar-refractivity contribution in [3.63, 3.8) is 0 Å². The molecule has 0 bridgehead atoms. The van der Waals surface area contributed by atoms with Gasteiger partial charge in [-0.05, 0) is 56.5 Å². The van der Waals surface area contributed by atoms with Crippen LogP contribution in [-0.4, -0.2) is 63.1 Å². The third-order valence-corrected chi connectivity index (χ3v) is 7.72.